The summed E-state index contributed by atoms with van der Waals surface area (Å²) in [6, 6.07) is 17.6. The Morgan fingerprint density at radius 3 is 2.00 bits per heavy atom. The van der Waals surface area contributed by atoms with E-state index in [9.17, 15) is 14.4 Å². The van der Waals surface area contributed by atoms with Gasteiger partial charge in [0.25, 0.3) is 11.8 Å². The van der Waals surface area contributed by atoms with Crippen molar-refractivity contribution >= 4 is 29.5 Å². The van der Waals surface area contributed by atoms with Crippen molar-refractivity contribution in [2.75, 3.05) is 5.75 Å². The first kappa shape index (κ1) is 21.9. The van der Waals surface area contributed by atoms with Crippen LogP contribution in [0.4, 0.5) is 0 Å². The molecule has 3 rings (SSSR count). The molecule has 158 valence electrons. The van der Waals surface area contributed by atoms with Crippen LogP contribution in [0.1, 0.15) is 46.4 Å². The second-order valence-electron chi connectivity index (χ2n) is 7.32. The molecule has 1 saturated heterocycles. The van der Waals surface area contributed by atoms with Gasteiger partial charge in [0.2, 0.25) is 0 Å². The molecule has 0 radical (unpaired) electrons. The Balaban J connectivity index is 1.67. The molecule has 2 amide bonds. The molecule has 1 aliphatic rings. The summed E-state index contributed by atoms with van der Waals surface area (Å²) in [4.78, 5) is 36.2. The molecule has 2 aromatic carbocycles. The lowest BCUT2D eigenvalue weighted by atomic mass is 10.00. The number of carboxylic acid groups (broad SMARTS) is 1. The minimum Gasteiger partial charge on any atom is -0.481 e. The number of benzene rings is 2. The van der Waals surface area contributed by atoms with Crippen molar-refractivity contribution in [3.63, 3.8) is 0 Å². The van der Waals surface area contributed by atoms with Crippen molar-refractivity contribution in [3.8, 4) is 0 Å². The van der Waals surface area contributed by atoms with Crippen LogP contribution in [-0.4, -0.2) is 46.0 Å². The van der Waals surface area contributed by atoms with E-state index in [1.807, 2.05) is 36.4 Å². The van der Waals surface area contributed by atoms with Crippen LogP contribution in [0.2, 0.25) is 0 Å². The van der Waals surface area contributed by atoms with Gasteiger partial charge >= 0.3 is 5.97 Å². The van der Waals surface area contributed by atoms with Crippen LogP contribution in [0, 0.1) is 0 Å². The normalized spacial score (nSPS) is 20.5. The summed E-state index contributed by atoms with van der Waals surface area (Å²) in [6.07, 6.45) is 2.30. The molecule has 0 aliphatic carbocycles. The minimum absolute atomic E-state index is 0.118. The second-order valence-corrected chi connectivity index (χ2v) is 8.59. The summed E-state index contributed by atoms with van der Waals surface area (Å²) in [5, 5.41) is 15.1. The van der Waals surface area contributed by atoms with Crippen molar-refractivity contribution in [2.24, 2.45) is 0 Å². The number of rotatable bonds is 9. The lowest BCUT2D eigenvalue weighted by Crippen LogP contribution is -2.53. The molecular formula is C23H26N2O4S. The van der Waals surface area contributed by atoms with Crippen LogP contribution >= 0.6 is 11.8 Å². The van der Waals surface area contributed by atoms with Gasteiger partial charge in [0.15, 0.2) is 0 Å². The molecule has 3 atom stereocenters. The van der Waals surface area contributed by atoms with Crippen molar-refractivity contribution in [1.29, 1.82) is 0 Å². The number of aliphatic carboxylic acids is 1. The quantitative estimate of drug-likeness (QED) is 0.535. The topological polar surface area (TPSA) is 95.5 Å². The molecule has 30 heavy (non-hydrogen) atoms. The summed E-state index contributed by atoms with van der Waals surface area (Å²) in [5.41, 5.74) is 1.16. The Morgan fingerprint density at radius 2 is 1.43 bits per heavy atom. The Hall–Kier alpha value is -2.80. The molecule has 0 saturated carbocycles. The van der Waals surface area contributed by atoms with Gasteiger partial charge in [-0.2, -0.15) is 11.8 Å². The molecule has 1 heterocycles. The Morgan fingerprint density at radius 1 is 0.867 bits per heavy atom. The highest BCUT2D eigenvalue weighted by molar-refractivity contribution is 8.00. The maximum absolute atomic E-state index is 12.8. The van der Waals surface area contributed by atoms with Crippen LogP contribution in [-0.2, 0) is 4.79 Å². The zero-order valence-electron chi connectivity index (χ0n) is 16.6. The highest BCUT2D eigenvalue weighted by Crippen LogP contribution is 2.32. The van der Waals surface area contributed by atoms with Gasteiger partial charge in [-0.25, -0.2) is 0 Å². The number of hydrogen-bond donors (Lipinski definition) is 3. The first-order chi connectivity index (χ1) is 14.5. The number of unbranched alkanes of at least 4 members (excludes halogenated alkanes) is 1. The van der Waals surface area contributed by atoms with Gasteiger partial charge in [-0.15, -0.1) is 0 Å². The van der Waals surface area contributed by atoms with Crippen LogP contribution in [0.5, 0.6) is 0 Å². The van der Waals surface area contributed by atoms with Gasteiger partial charge in [-0.3, -0.25) is 14.4 Å². The van der Waals surface area contributed by atoms with Crippen molar-refractivity contribution in [1.82, 2.24) is 10.6 Å². The molecule has 0 aromatic heterocycles. The van der Waals surface area contributed by atoms with Gasteiger partial charge in [0, 0.05) is 28.6 Å². The fourth-order valence-electron chi connectivity index (χ4n) is 3.57. The lowest BCUT2D eigenvalue weighted by molar-refractivity contribution is -0.137. The number of carbonyl (C=O) groups excluding carboxylic acids is 2. The average Bonchev–Trinajstić information content (AvgIpc) is 3.13. The van der Waals surface area contributed by atoms with Gasteiger partial charge in [-0.1, -0.05) is 42.8 Å². The summed E-state index contributed by atoms with van der Waals surface area (Å²) in [5.74, 6) is -0.428. The number of hydrogen-bond acceptors (Lipinski definition) is 4. The molecule has 1 fully saturated rings. The highest BCUT2D eigenvalue weighted by atomic mass is 32.2. The third-order valence-electron chi connectivity index (χ3n) is 5.14. The van der Waals surface area contributed by atoms with Crippen LogP contribution in [0.3, 0.4) is 0 Å². The van der Waals surface area contributed by atoms with Crippen molar-refractivity contribution in [3.05, 3.63) is 71.8 Å². The molecule has 6 nitrogen and oxygen atoms in total. The number of carbonyl (C=O) groups is 3. The minimum atomic E-state index is -0.795. The molecule has 3 N–H and O–H groups in total. The Kier molecular flexibility index (Phi) is 7.90. The number of thioether (sulfide) groups is 1. The third kappa shape index (κ3) is 6.10. The molecule has 0 unspecified atom stereocenters. The molecule has 0 spiro atoms. The molecule has 1 aliphatic heterocycles. The van der Waals surface area contributed by atoms with E-state index in [0.717, 1.165) is 12.8 Å². The fourth-order valence-corrected chi connectivity index (χ4v) is 5.11. The van der Waals surface area contributed by atoms with E-state index >= 15 is 0 Å². The smallest absolute Gasteiger partial charge is 0.303 e. The van der Waals surface area contributed by atoms with Gasteiger partial charge in [0.1, 0.15) is 0 Å². The summed E-state index contributed by atoms with van der Waals surface area (Å²) in [7, 11) is 0. The fraction of sp³-hybridized carbons (Fsp3) is 0.348. The largest absolute Gasteiger partial charge is 0.481 e. The number of carboxylic acids is 1. The Labute approximate surface area is 180 Å². The zero-order valence-corrected chi connectivity index (χ0v) is 17.4. The first-order valence-corrected chi connectivity index (χ1v) is 11.1. The van der Waals surface area contributed by atoms with Crippen molar-refractivity contribution < 1.29 is 19.5 Å². The van der Waals surface area contributed by atoms with E-state index in [0.29, 0.717) is 23.3 Å². The van der Waals surface area contributed by atoms with E-state index in [1.165, 1.54) is 0 Å². The van der Waals surface area contributed by atoms with E-state index in [2.05, 4.69) is 10.6 Å². The monoisotopic (exact) mass is 426 g/mol. The predicted molar refractivity (Wildman–Crippen MR) is 118 cm³/mol. The van der Waals surface area contributed by atoms with Gasteiger partial charge in [-0.05, 0) is 37.1 Å². The summed E-state index contributed by atoms with van der Waals surface area (Å²) >= 11 is 1.71. The Bertz CT molecular complexity index is 860. The molecule has 0 bridgehead atoms. The number of nitrogens with one attached hydrogen (secondary N) is 2. The van der Waals surface area contributed by atoms with Crippen LogP contribution in [0.25, 0.3) is 0 Å². The molecule has 2 aromatic rings. The maximum Gasteiger partial charge on any atom is 0.303 e. The standard InChI is InChI=1S/C23H26N2O4S/c26-20(27)14-8-7-13-19-21(25-23(29)17-11-5-2-6-12-17)18(15-30-19)24-22(28)16-9-3-1-4-10-16/h1-6,9-12,18-19,21H,7-8,13-15H2,(H,24,28)(H,25,29)(H,26,27)/t18-,19+,21-/m1/s1. The van der Waals surface area contributed by atoms with Gasteiger partial charge in [0.05, 0.1) is 12.1 Å². The molecule has 7 heteroatoms. The first-order valence-electron chi connectivity index (χ1n) is 10.1. The van der Waals surface area contributed by atoms with Crippen LogP contribution in [0.15, 0.2) is 60.7 Å². The predicted octanol–water partition coefficient (Wildman–Crippen LogP) is 3.34. The zero-order chi connectivity index (χ0) is 21.3. The second kappa shape index (κ2) is 10.8. The van der Waals surface area contributed by atoms with Crippen LogP contribution < -0.4 is 10.6 Å². The number of amides is 2. The maximum atomic E-state index is 12.8. The van der Waals surface area contributed by atoms with E-state index in [-0.39, 0.29) is 35.6 Å². The van der Waals surface area contributed by atoms with Gasteiger partial charge < -0.3 is 15.7 Å². The SMILES string of the molecule is O=C(O)CCCC[C@@H]1SC[C@@H](NC(=O)c2ccccc2)[C@H]1NC(=O)c1ccccc1. The van der Waals surface area contributed by atoms with E-state index in [4.69, 9.17) is 5.11 Å². The van der Waals surface area contributed by atoms with Crippen molar-refractivity contribution in [2.45, 2.75) is 43.0 Å². The average molecular weight is 427 g/mol. The lowest BCUT2D eigenvalue weighted by Gasteiger charge is -2.26. The highest BCUT2D eigenvalue weighted by Gasteiger charge is 2.38. The summed E-state index contributed by atoms with van der Waals surface area (Å²) < 4.78 is 0. The molecular weight excluding hydrogens is 400 g/mol. The van der Waals surface area contributed by atoms with E-state index < -0.39 is 5.97 Å². The third-order valence-corrected chi connectivity index (χ3v) is 6.65. The summed E-state index contributed by atoms with van der Waals surface area (Å²) in [6.45, 7) is 0. The van der Waals surface area contributed by atoms with E-state index in [1.54, 1.807) is 36.0 Å².